The van der Waals surface area contributed by atoms with Crippen molar-refractivity contribution in [3.63, 3.8) is 0 Å². The van der Waals surface area contributed by atoms with Gasteiger partial charge in [-0.2, -0.15) is 0 Å². The maximum Gasteiger partial charge on any atom is 0.248 e. The fourth-order valence-corrected chi connectivity index (χ4v) is 3.26. The molecule has 0 spiro atoms. The van der Waals surface area contributed by atoms with Crippen LogP contribution in [-0.4, -0.2) is 42.9 Å². The molecule has 3 nitrogen and oxygen atoms in total. The van der Waals surface area contributed by atoms with Gasteiger partial charge in [-0.25, -0.2) is 0 Å². The van der Waals surface area contributed by atoms with Crippen LogP contribution in [0.1, 0.15) is 13.3 Å². The largest absolute Gasteiger partial charge is 0.372 e. The first-order chi connectivity index (χ1) is 9.29. The van der Waals surface area contributed by atoms with Gasteiger partial charge in [0.2, 0.25) is 5.91 Å². The van der Waals surface area contributed by atoms with Crippen molar-refractivity contribution in [3.8, 4) is 0 Å². The number of rotatable bonds is 6. The molecule has 1 heterocycles. The molecule has 1 aliphatic heterocycles. The predicted octanol–water partition coefficient (Wildman–Crippen LogP) is 2.66. The number of carbonyl (C=O) groups is 1. The van der Waals surface area contributed by atoms with E-state index in [0.29, 0.717) is 12.5 Å². The Morgan fingerprint density at radius 3 is 2.95 bits per heavy atom. The zero-order chi connectivity index (χ0) is 13.5. The van der Waals surface area contributed by atoms with Crippen LogP contribution in [0.25, 0.3) is 0 Å². The van der Waals surface area contributed by atoms with E-state index in [2.05, 4.69) is 24.3 Å². The topological polar surface area (TPSA) is 29.5 Å². The second kappa shape index (κ2) is 7.56. The molecular formula is C15H21NO2S. The lowest BCUT2D eigenvalue weighted by molar-refractivity contribution is -0.135. The Kier molecular flexibility index (Phi) is 5.73. The Balaban J connectivity index is 1.71. The molecule has 1 saturated heterocycles. The summed E-state index contributed by atoms with van der Waals surface area (Å²) in [6.07, 6.45) is 1.11. The van der Waals surface area contributed by atoms with E-state index in [9.17, 15) is 4.79 Å². The molecule has 0 unspecified atom stereocenters. The summed E-state index contributed by atoms with van der Waals surface area (Å²) in [5.74, 6) is 1.83. The van der Waals surface area contributed by atoms with Crippen LogP contribution in [-0.2, 0) is 9.53 Å². The maximum absolute atomic E-state index is 11.8. The molecule has 0 aromatic heterocycles. The summed E-state index contributed by atoms with van der Waals surface area (Å²) in [7, 11) is 0. The minimum Gasteiger partial charge on any atom is -0.372 e. The average molecular weight is 279 g/mol. The van der Waals surface area contributed by atoms with Crippen LogP contribution in [0, 0.1) is 5.92 Å². The van der Waals surface area contributed by atoms with E-state index in [1.165, 1.54) is 4.90 Å². The Morgan fingerprint density at radius 2 is 2.21 bits per heavy atom. The van der Waals surface area contributed by atoms with Gasteiger partial charge in [0.1, 0.15) is 6.61 Å². The fourth-order valence-electron chi connectivity index (χ4n) is 2.21. The van der Waals surface area contributed by atoms with Gasteiger partial charge in [0.15, 0.2) is 0 Å². The summed E-state index contributed by atoms with van der Waals surface area (Å²) in [5, 5.41) is 0. The molecular weight excluding hydrogens is 258 g/mol. The Hall–Kier alpha value is -1.00. The van der Waals surface area contributed by atoms with E-state index in [1.807, 2.05) is 29.7 Å². The molecule has 0 saturated carbocycles. The third-order valence-electron chi connectivity index (χ3n) is 3.30. The van der Waals surface area contributed by atoms with Gasteiger partial charge in [-0.1, -0.05) is 18.2 Å². The number of nitrogens with zero attached hydrogens (tertiary/aromatic N) is 1. The number of amides is 1. The summed E-state index contributed by atoms with van der Waals surface area (Å²) in [6, 6.07) is 10.4. The van der Waals surface area contributed by atoms with Gasteiger partial charge < -0.3 is 9.64 Å². The number of ether oxygens (including phenoxy) is 1. The van der Waals surface area contributed by atoms with Crippen molar-refractivity contribution in [2.45, 2.75) is 18.2 Å². The number of benzene rings is 1. The Labute approximate surface area is 119 Å². The van der Waals surface area contributed by atoms with Crippen molar-refractivity contribution >= 4 is 17.7 Å². The van der Waals surface area contributed by atoms with Gasteiger partial charge in [-0.05, 0) is 31.4 Å². The van der Waals surface area contributed by atoms with E-state index >= 15 is 0 Å². The first kappa shape index (κ1) is 14.4. The van der Waals surface area contributed by atoms with Gasteiger partial charge >= 0.3 is 0 Å². The van der Waals surface area contributed by atoms with E-state index in [4.69, 9.17) is 4.74 Å². The fraction of sp³-hybridized carbons (Fsp3) is 0.533. The molecule has 0 aliphatic carbocycles. The van der Waals surface area contributed by atoms with Crippen LogP contribution in [0.2, 0.25) is 0 Å². The highest BCUT2D eigenvalue weighted by Gasteiger charge is 2.25. The molecule has 1 aliphatic rings. The number of hydrogen-bond acceptors (Lipinski definition) is 3. The molecule has 2 rings (SSSR count). The predicted molar refractivity (Wildman–Crippen MR) is 78.3 cm³/mol. The van der Waals surface area contributed by atoms with Crippen molar-refractivity contribution in [1.82, 2.24) is 4.90 Å². The Bertz CT molecular complexity index is 396. The molecule has 1 aromatic carbocycles. The second-order valence-electron chi connectivity index (χ2n) is 4.76. The van der Waals surface area contributed by atoms with Crippen LogP contribution in [0.4, 0.5) is 0 Å². The van der Waals surface area contributed by atoms with Crippen molar-refractivity contribution in [1.29, 1.82) is 0 Å². The summed E-state index contributed by atoms with van der Waals surface area (Å²) >= 11 is 1.88. The molecule has 0 bridgehead atoms. The third kappa shape index (κ3) is 4.55. The lowest BCUT2D eigenvalue weighted by Gasteiger charge is -2.16. The van der Waals surface area contributed by atoms with Crippen molar-refractivity contribution in [3.05, 3.63) is 30.3 Å². The van der Waals surface area contributed by atoms with E-state index < -0.39 is 0 Å². The number of hydrogen-bond donors (Lipinski definition) is 0. The molecule has 104 valence electrons. The summed E-state index contributed by atoms with van der Waals surface area (Å²) in [5.41, 5.74) is 0. The molecule has 1 fully saturated rings. The number of likely N-dealkylation sites (tertiary alicyclic amines) is 1. The summed E-state index contributed by atoms with van der Waals surface area (Å²) in [4.78, 5) is 15.1. The number of thioether (sulfide) groups is 1. The van der Waals surface area contributed by atoms with Gasteiger partial charge in [-0.3, -0.25) is 4.79 Å². The van der Waals surface area contributed by atoms with E-state index in [1.54, 1.807) is 0 Å². The van der Waals surface area contributed by atoms with Crippen molar-refractivity contribution < 1.29 is 9.53 Å². The van der Waals surface area contributed by atoms with Gasteiger partial charge in [0.25, 0.3) is 0 Å². The molecule has 1 amide bonds. The highest BCUT2D eigenvalue weighted by molar-refractivity contribution is 7.99. The zero-order valence-corrected chi connectivity index (χ0v) is 12.2. The highest BCUT2D eigenvalue weighted by atomic mass is 32.2. The van der Waals surface area contributed by atoms with Crippen LogP contribution < -0.4 is 0 Å². The number of carbonyl (C=O) groups excluding carboxylic acids is 1. The molecule has 19 heavy (non-hydrogen) atoms. The molecule has 1 atom stereocenters. The smallest absolute Gasteiger partial charge is 0.248 e. The quantitative estimate of drug-likeness (QED) is 0.750. The first-order valence-corrected chi connectivity index (χ1v) is 7.81. The normalized spacial score (nSPS) is 18.8. The zero-order valence-electron chi connectivity index (χ0n) is 11.4. The highest BCUT2D eigenvalue weighted by Crippen LogP contribution is 2.25. The van der Waals surface area contributed by atoms with Crippen molar-refractivity contribution in [2.75, 3.05) is 32.1 Å². The van der Waals surface area contributed by atoms with Gasteiger partial charge in [-0.15, -0.1) is 11.8 Å². The first-order valence-electron chi connectivity index (χ1n) is 6.83. The Morgan fingerprint density at radius 1 is 1.42 bits per heavy atom. The van der Waals surface area contributed by atoms with Crippen molar-refractivity contribution in [2.24, 2.45) is 5.92 Å². The lowest BCUT2D eigenvalue weighted by atomic mass is 10.2. The minimum atomic E-state index is 0.133. The van der Waals surface area contributed by atoms with Crippen LogP contribution >= 0.6 is 11.8 Å². The second-order valence-corrected chi connectivity index (χ2v) is 5.85. The molecule has 0 radical (unpaired) electrons. The van der Waals surface area contributed by atoms with Crippen LogP contribution in [0.15, 0.2) is 35.2 Å². The van der Waals surface area contributed by atoms with Gasteiger partial charge in [0.05, 0.1) is 0 Å². The van der Waals surface area contributed by atoms with Gasteiger partial charge in [0, 0.05) is 30.3 Å². The SMILES string of the molecule is CCOCC(=O)N1CC[C@H](CSc2ccccc2)C1. The standard InChI is InChI=1S/C15H21NO2S/c1-2-18-11-15(17)16-9-8-13(10-16)12-19-14-6-4-3-5-7-14/h3-7,13H,2,8-12H2,1H3/t13-/m0/s1. The van der Waals surface area contributed by atoms with E-state index in [0.717, 1.165) is 25.3 Å². The lowest BCUT2D eigenvalue weighted by Crippen LogP contribution is -2.32. The minimum absolute atomic E-state index is 0.133. The summed E-state index contributed by atoms with van der Waals surface area (Å²) in [6.45, 7) is 4.51. The monoisotopic (exact) mass is 279 g/mol. The maximum atomic E-state index is 11.8. The van der Waals surface area contributed by atoms with Crippen LogP contribution in [0.3, 0.4) is 0 Å². The molecule has 4 heteroatoms. The molecule has 1 aromatic rings. The summed E-state index contributed by atoms with van der Waals surface area (Å²) < 4.78 is 5.18. The third-order valence-corrected chi connectivity index (χ3v) is 4.54. The van der Waals surface area contributed by atoms with E-state index in [-0.39, 0.29) is 12.5 Å². The molecule has 0 N–H and O–H groups in total. The van der Waals surface area contributed by atoms with Crippen LogP contribution in [0.5, 0.6) is 0 Å². The average Bonchev–Trinajstić information content (AvgIpc) is 2.92.